The fourth-order valence-corrected chi connectivity index (χ4v) is 24.3. The normalized spacial score (nSPS) is 11.9. The van der Waals surface area contributed by atoms with Crippen LogP contribution in [0.5, 0.6) is 0 Å². The fourth-order valence-electron chi connectivity index (χ4n) is 24.3. The first kappa shape index (κ1) is 83.1. The number of fused-ring (bicyclic) bond motifs is 27. The zero-order valence-electron chi connectivity index (χ0n) is 79.9. The average Bonchev–Trinajstić information content (AvgIpc) is 1.56. The third-order valence-corrected chi connectivity index (χ3v) is 30.7. The Morgan fingerprint density at radius 3 is 0.422 bits per heavy atom. The number of nitrogens with zero attached hydrogens (tertiary/aromatic N) is 9. The largest absolute Gasteiger partial charge is 0.309 e. The summed E-state index contributed by atoms with van der Waals surface area (Å²) in [6.45, 7) is 0. The quantitative estimate of drug-likeness (QED) is 0.124. The molecule has 147 heavy (non-hydrogen) atoms. The summed E-state index contributed by atoms with van der Waals surface area (Å²) < 4.78 is 21.6. The first-order valence-corrected chi connectivity index (χ1v) is 50.5. The van der Waals surface area contributed by atoms with E-state index < -0.39 is 0 Å². The lowest BCUT2D eigenvalue weighted by Gasteiger charge is -2.12. The maximum Gasteiger partial charge on any atom is 0.0562 e. The monoisotopic (exact) mass is 1870 g/mol. The Hall–Kier alpha value is -19.7. The van der Waals surface area contributed by atoms with Gasteiger partial charge in [-0.15, -0.1) is 0 Å². The van der Waals surface area contributed by atoms with Crippen molar-refractivity contribution in [3.8, 4) is 73.4 Å². The van der Waals surface area contributed by atoms with Crippen LogP contribution in [0.15, 0.2) is 540 Å². The van der Waals surface area contributed by atoms with Crippen LogP contribution in [0, 0.1) is 0 Å². The van der Waals surface area contributed by atoms with Gasteiger partial charge in [0.15, 0.2) is 0 Å². The van der Waals surface area contributed by atoms with Gasteiger partial charge in [0.25, 0.3) is 0 Å². The van der Waals surface area contributed by atoms with Crippen LogP contribution in [0.25, 0.3) is 270 Å². The maximum absolute atomic E-state index is 2.44. The zero-order chi connectivity index (χ0) is 96.4. The molecule has 32 aromatic rings. The molecule has 0 N–H and O–H groups in total. The Labute approximate surface area is 844 Å². The fraction of sp³-hybridized carbons (Fsp3) is 0. The molecule has 23 aromatic carbocycles. The molecule has 0 saturated carbocycles. The van der Waals surface area contributed by atoms with Gasteiger partial charge in [0.1, 0.15) is 0 Å². The smallest absolute Gasteiger partial charge is 0.0562 e. The Bertz CT molecular complexity index is 10800. The molecule has 686 valence electrons. The average molecular weight is 1870 g/mol. The molecule has 0 fully saturated rings. The van der Waals surface area contributed by atoms with Crippen LogP contribution in [0.1, 0.15) is 0 Å². The van der Waals surface area contributed by atoms with E-state index in [2.05, 4.69) is 581 Å². The van der Waals surface area contributed by atoms with Crippen molar-refractivity contribution in [2.45, 2.75) is 0 Å². The standard InChI is InChI=1S/2C48H31N3.C42H27N3/c1-2-14-34(15-3-1)50-45-23-10-6-19-39(45)41-30-42-40-20-7-11-24-46(40)51(48(42)31-47(41)50)36-16-12-13-33(29-36)32-25-27-35(28-26-32)49-43-21-8-4-17-37(43)38-18-5-9-22-44(38)49;1-2-12-34(13-3-1)50-45-20-10-6-16-39(45)41-30-42-40-17-7-11-21-46(40)51(48(42)31-47(41)50)36-28-24-33(25-29-36)32-22-26-35(27-23-32)49-43-18-8-4-14-37(43)38-15-5-9-19-44(38)49;1-2-12-28(13-3-1)44-39-20-10-6-16-33(39)35-26-36-34-17-7-11-21-40(34)45(42(36)27-41(35)44)30-24-22-29(23-25-30)43-37-18-8-4-14-31(37)32-15-5-9-19-38(32)43/h2*1-31H;1-27H. The molecule has 9 nitrogen and oxygen atoms in total. The molecule has 32 rings (SSSR count). The van der Waals surface area contributed by atoms with Gasteiger partial charge in [-0.2, -0.15) is 0 Å². The molecule has 9 heteroatoms. The minimum Gasteiger partial charge on any atom is -0.309 e. The van der Waals surface area contributed by atoms with E-state index in [0.717, 1.165) is 39.8 Å². The number of para-hydroxylation sites is 15. The van der Waals surface area contributed by atoms with E-state index in [0.29, 0.717) is 0 Å². The summed E-state index contributed by atoms with van der Waals surface area (Å²) in [7, 11) is 0. The second-order valence-corrected chi connectivity index (χ2v) is 38.6. The number of hydrogen-bond donors (Lipinski definition) is 0. The number of benzene rings is 23. The molecule has 9 aromatic heterocycles. The van der Waals surface area contributed by atoms with Crippen molar-refractivity contribution in [1.29, 1.82) is 0 Å². The highest BCUT2D eigenvalue weighted by atomic mass is 15.1. The minimum absolute atomic E-state index is 1.15. The molecule has 0 radical (unpaired) electrons. The predicted octanol–water partition coefficient (Wildman–Crippen LogP) is 36.3. The van der Waals surface area contributed by atoms with Gasteiger partial charge in [0, 0.05) is 148 Å². The van der Waals surface area contributed by atoms with Crippen LogP contribution >= 0.6 is 0 Å². The SMILES string of the molecule is c1ccc(-n2c3ccccc3c3cc4c5ccccc5n(-c5ccc(-c6ccc(-n7c8ccccc8c8ccccc87)cc6)cc5)c4cc32)cc1.c1ccc(-n2c3ccccc3c3cc4c5ccccc5n(-c5ccc(-n6c7ccccc7c7ccccc76)cc5)c4cc32)cc1.c1ccc(-n2c3ccccc3c3cc4c5ccccc5n(-c5cccc(-c6ccc(-n7c8ccccc8c8ccccc87)cc6)c5)c4cc32)cc1. The van der Waals surface area contributed by atoms with Crippen LogP contribution in [0.4, 0.5) is 0 Å². The molecule has 0 bridgehead atoms. The molecule has 0 aliphatic rings. The number of aromatic nitrogens is 9. The van der Waals surface area contributed by atoms with Gasteiger partial charge in [-0.1, -0.05) is 322 Å². The van der Waals surface area contributed by atoms with Crippen LogP contribution in [0.2, 0.25) is 0 Å². The molecule has 9 heterocycles. The van der Waals surface area contributed by atoms with E-state index in [-0.39, 0.29) is 0 Å². The highest BCUT2D eigenvalue weighted by Crippen LogP contribution is 2.47. The van der Waals surface area contributed by atoms with E-state index in [1.807, 2.05) is 0 Å². The molecule has 0 amide bonds. The molecule has 0 spiro atoms. The van der Waals surface area contributed by atoms with Crippen molar-refractivity contribution in [2.75, 3.05) is 0 Å². The lowest BCUT2D eigenvalue weighted by atomic mass is 10.0. The van der Waals surface area contributed by atoms with Crippen LogP contribution < -0.4 is 0 Å². The Morgan fingerprint density at radius 2 is 0.218 bits per heavy atom. The third-order valence-electron chi connectivity index (χ3n) is 30.7. The van der Waals surface area contributed by atoms with Gasteiger partial charge >= 0.3 is 0 Å². The molecule has 0 saturated heterocycles. The van der Waals surface area contributed by atoms with Crippen LogP contribution in [-0.4, -0.2) is 41.1 Å². The molecular formula is C138H89N9. The topological polar surface area (TPSA) is 44.4 Å². The van der Waals surface area contributed by atoms with Gasteiger partial charge in [-0.05, 0) is 241 Å². The second-order valence-electron chi connectivity index (χ2n) is 38.6. The van der Waals surface area contributed by atoms with E-state index >= 15 is 0 Å². The highest BCUT2D eigenvalue weighted by molar-refractivity contribution is 6.24. The number of hydrogen-bond acceptors (Lipinski definition) is 0. The summed E-state index contributed by atoms with van der Waals surface area (Å²) in [4.78, 5) is 0. The highest BCUT2D eigenvalue weighted by Gasteiger charge is 2.26. The van der Waals surface area contributed by atoms with E-state index in [1.165, 1.54) is 230 Å². The van der Waals surface area contributed by atoms with Crippen LogP contribution in [-0.2, 0) is 0 Å². The van der Waals surface area contributed by atoms with Gasteiger partial charge in [-0.3, -0.25) is 0 Å². The van der Waals surface area contributed by atoms with E-state index in [4.69, 9.17) is 0 Å². The van der Waals surface area contributed by atoms with Gasteiger partial charge < -0.3 is 41.1 Å². The summed E-state index contributed by atoms with van der Waals surface area (Å²) in [5.74, 6) is 0. The lowest BCUT2D eigenvalue weighted by molar-refractivity contribution is 1.14. The Morgan fingerprint density at radius 1 is 0.0748 bits per heavy atom. The van der Waals surface area contributed by atoms with Crippen molar-refractivity contribution in [3.05, 3.63) is 540 Å². The summed E-state index contributed by atoms with van der Waals surface area (Å²) >= 11 is 0. The molecule has 0 aliphatic heterocycles. The van der Waals surface area contributed by atoms with Gasteiger partial charge in [0.2, 0.25) is 0 Å². The van der Waals surface area contributed by atoms with Crippen molar-refractivity contribution in [3.63, 3.8) is 0 Å². The first-order valence-electron chi connectivity index (χ1n) is 50.5. The van der Waals surface area contributed by atoms with E-state index in [9.17, 15) is 0 Å². The maximum atomic E-state index is 2.44. The van der Waals surface area contributed by atoms with Gasteiger partial charge in [0.05, 0.1) is 99.3 Å². The molecule has 0 unspecified atom stereocenters. The van der Waals surface area contributed by atoms with Crippen molar-refractivity contribution >= 4 is 196 Å². The second kappa shape index (κ2) is 33.5. The Balaban J connectivity index is 0.000000102. The van der Waals surface area contributed by atoms with Crippen LogP contribution in [0.3, 0.4) is 0 Å². The predicted molar refractivity (Wildman–Crippen MR) is 619 cm³/mol. The minimum atomic E-state index is 1.15. The van der Waals surface area contributed by atoms with Crippen molar-refractivity contribution in [1.82, 2.24) is 41.1 Å². The van der Waals surface area contributed by atoms with Crippen molar-refractivity contribution in [2.24, 2.45) is 0 Å². The summed E-state index contributed by atoms with van der Waals surface area (Å²) in [6, 6.07) is 196. The molecule has 0 aliphatic carbocycles. The van der Waals surface area contributed by atoms with Gasteiger partial charge in [-0.25, -0.2) is 0 Å². The zero-order valence-corrected chi connectivity index (χ0v) is 79.9. The first-order chi connectivity index (χ1) is 73.0. The van der Waals surface area contributed by atoms with E-state index in [1.54, 1.807) is 0 Å². The molecule has 0 atom stereocenters. The molecular weight excluding hydrogens is 1780 g/mol. The number of rotatable bonds is 11. The summed E-state index contributed by atoms with van der Waals surface area (Å²) in [5.41, 5.74) is 37.0. The van der Waals surface area contributed by atoms with Crippen molar-refractivity contribution < 1.29 is 0 Å². The third kappa shape index (κ3) is 13.1. The summed E-state index contributed by atoms with van der Waals surface area (Å²) in [6.07, 6.45) is 0. The lowest BCUT2D eigenvalue weighted by Crippen LogP contribution is -1.97. The Kier molecular flexibility index (Phi) is 18.9. The summed E-state index contributed by atoms with van der Waals surface area (Å²) in [5, 5.41) is 22.8.